The lowest BCUT2D eigenvalue weighted by molar-refractivity contribution is 0.0949. The van der Waals surface area contributed by atoms with E-state index in [1.807, 2.05) is 6.92 Å². The van der Waals surface area contributed by atoms with Crippen LogP contribution in [0.3, 0.4) is 0 Å². The van der Waals surface area contributed by atoms with E-state index in [0.717, 1.165) is 12.8 Å². The van der Waals surface area contributed by atoms with Crippen molar-refractivity contribution in [3.8, 4) is 11.8 Å². The van der Waals surface area contributed by atoms with E-state index in [1.165, 1.54) is 38.6 Å². The lowest BCUT2D eigenvalue weighted by Gasteiger charge is -2.11. The molecule has 3 N–H and O–H groups in total. The zero-order valence-corrected chi connectivity index (χ0v) is 17.4. The zero-order valence-electron chi connectivity index (χ0n) is 16.6. The summed E-state index contributed by atoms with van der Waals surface area (Å²) in [5.41, 5.74) is -0.187. The molecule has 0 unspecified atom stereocenters. The summed E-state index contributed by atoms with van der Waals surface area (Å²) in [6, 6.07) is 2.94. The molecule has 0 bridgehead atoms. The highest BCUT2D eigenvalue weighted by Gasteiger charge is 2.26. The number of nitrogens with one attached hydrogen (secondary N) is 3. The third-order valence-corrected chi connectivity index (χ3v) is 4.92. The highest BCUT2D eigenvalue weighted by molar-refractivity contribution is 7.90. The quantitative estimate of drug-likeness (QED) is 0.483. The molecule has 0 aromatic carbocycles. The number of carbonyl (C=O) groups is 2. The minimum Gasteiger partial charge on any atom is -0.481 e. The molecule has 0 aliphatic carbocycles. The Morgan fingerprint density at radius 2 is 1.80 bits per heavy atom. The molecule has 13 heteroatoms. The number of unbranched alkanes of at least 4 members (excludes halogenated alkanes) is 1. The van der Waals surface area contributed by atoms with E-state index in [4.69, 9.17) is 9.47 Å². The van der Waals surface area contributed by atoms with E-state index in [1.54, 1.807) is 4.72 Å². The Bertz CT molecular complexity index is 991. The topological polar surface area (TPSA) is 161 Å². The van der Waals surface area contributed by atoms with Gasteiger partial charge in [0.15, 0.2) is 5.03 Å². The van der Waals surface area contributed by atoms with Gasteiger partial charge < -0.3 is 14.8 Å². The standard InChI is InChI=1S/C17H22N6O6S/c1-4-5-8-18-14(24)11-7-6-9-19-15(11)30(26,27)23-17(25)22-16-20-12(28-2)10-13(21-16)29-3/h6-7,9-10H,4-5,8H2,1-3H3,(H,18,24)(H2,20,21,22,23,25). The molecule has 162 valence electrons. The van der Waals surface area contributed by atoms with Gasteiger partial charge in [0.2, 0.25) is 17.7 Å². The minimum atomic E-state index is -4.47. The molecule has 30 heavy (non-hydrogen) atoms. The van der Waals surface area contributed by atoms with E-state index in [2.05, 4.69) is 25.6 Å². The summed E-state index contributed by atoms with van der Waals surface area (Å²) in [4.78, 5) is 36.0. The Morgan fingerprint density at radius 3 is 2.40 bits per heavy atom. The van der Waals surface area contributed by atoms with Crippen LogP contribution in [0, 0.1) is 0 Å². The van der Waals surface area contributed by atoms with E-state index in [-0.39, 0.29) is 23.3 Å². The molecule has 0 radical (unpaired) electrons. The molecular formula is C17H22N6O6S. The number of nitrogens with zero attached hydrogens (tertiary/aromatic N) is 3. The van der Waals surface area contributed by atoms with Crippen LogP contribution in [0.5, 0.6) is 11.8 Å². The van der Waals surface area contributed by atoms with Crippen LogP contribution in [0.15, 0.2) is 29.4 Å². The number of anilines is 1. The van der Waals surface area contributed by atoms with Crippen LogP contribution >= 0.6 is 0 Å². The number of rotatable bonds is 9. The number of sulfonamides is 1. The lowest BCUT2D eigenvalue weighted by atomic mass is 10.2. The van der Waals surface area contributed by atoms with Crippen LogP contribution in [-0.2, 0) is 10.0 Å². The molecule has 0 aliphatic rings. The summed E-state index contributed by atoms with van der Waals surface area (Å²) in [6.07, 6.45) is 2.79. The summed E-state index contributed by atoms with van der Waals surface area (Å²) < 4.78 is 36.9. The molecule has 0 atom stereocenters. The highest BCUT2D eigenvalue weighted by atomic mass is 32.2. The SMILES string of the molecule is CCCCNC(=O)c1cccnc1S(=O)(=O)NC(=O)Nc1nc(OC)cc(OC)n1. The molecule has 0 fully saturated rings. The van der Waals surface area contributed by atoms with Crippen molar-refractivity contribution < 1.29 is 27.5 Å². The first kappa shape index (κ1) is 22.8. The molecule has 2 aromatic heterocycles. The summed E-state index contributed by atoms with van der Waals surface area (Å²) in [7, 11) is -1.77. The van der Waals surface area contributed by atoms with Crippen molar-refractivity contribution in [3.05, 3.63) is 30.0 Å². The number of urea groups is 1. The van der Waals surface area contributed by atoms with Gasteiger partial charge in [-0.25, -0.2) is 14.5 Å². The first-order valence-corrected chi connectivity index (χ1v) is 10.3. The highest BCUT2D eigenvalue weighted by Crippen LogP contribution is 2.17. The third-order valence-electron chi connectivity index (χ3n) is 3.64. The third kappa shape index (κ3) is 6.01. The molecule has 0 saturated carbocycles. The monoisotopic (exact) mass is 438 g/mol. The van der Waals surface area contributed by atoms with Crippen LogP contribution < -0.4 is 24.8 Å². The van der Waals surface area contributed by atoms with Crippen molar-refractivity contribution in [3.63, 3.8) is 0 Å². The predicted octanol–water partition coefficient (Wildman–Crippen LogP) is 0.929. The number of hydrogen-bond acceptors (Lipinski definition) is 9. The number of carbonyl (C=O) groups excluding carboxylic acids is 2. The summed E-state index contributed by atoms with van der Waals surface area (Å²) in [5.74, 6) is -0.679. The van der Waals surface area contributed by atoms with Gasteiger partial charge in [0.25, 0.3) is 15.9 Å². The van der Waals surface area contributed by atoms with Crippen molar-refractivity contribution >= 4 is 27.9 Å². The Balaban J connectivity index is 2.19. The van der Waals surface area contributed by atoms with Gasteiger partial charge in [-0.1, -0.05) is 13.3 Å². The van der Waals surface area contributed by atoms with Crippen LogP contribution in [0.1, 0.15) is 30.1 Å². The number of amides is 3. The van der Waals surface area contributed by atoms with Gasteiger partial charge in [-0.05, 0) is 18.6 Å². The van der Waals surface area contributed by atoms with Gasteiger partial charge in [0.05, 0.1) is 25.8 Å². The second kappa shape index (κ2) is 10.3. The van der Waals surface area contributed by atoms with Gasteiger partial charge in [-0.2, -0.15) is 18.4 Å². The Labute approximate surface area is 173 Å². The Morgan fingerprint density at radius 1 is 1.13 bits per heavy atom. The van der Waals surface area contributed by atoms with Crippen molar-refractivity contribution in [2.24, 2.45) is 0 Å². The fraction of sp³-hybridized carbons (Fsp3) is 0.353. The number of ether oxygens (including phenoxy) is 2. The van der Waals surface area contributed by atoms with Gasteiger partial charge >= 0.3 is 6.03 Å². The van der Waals surface area contributed by atoms with Crippen LogP contribution in [-0.4, -0.2) is 56.1 Å². The number of aromatic nitrogens is 3. The maximum Gasteiger partial charge on any atom is 0.335 e. The smallest absolute Gasteiger partial charge is 0.335 e. The summed E-state index contributed by atoms with van der Waals surface area (Å²) in [5, 5.41) is 4.19. The van der Waals surface area contributed by atoms with E-state index in [0.29, 0.717) is 6.54 Å². The van der Waals surface area contributed by atoms with Gasteiger partial charge in [0, 0.05) is 12.7 Å². The molecule has 3 amide bonds. The van der Waals surface area contributed by atoms with E-state index in [9.17, 15) is 18.0 Å². The first-order chi connectivity index (χ1) is 14.3. The molecule has 2 heterocycles. The van der Waals surface area contributed by atoms with Crippen molar-refractivity contribution in [1.82, 2.24) is 25.0 Å². The van der Waals surface area contributed by atoms with Crippen LogP contribution in [0.4, 0.5) is 10.7 Å². The Hall–Kier alpha value is -3.48. The van der Waals surface area contributed by atoms with Crippen molar-refractivity contribution in [2.75, 3.05) is 26.1 Å². The number of pyridine rings is 1. The predicted molar refractivity (Wildman–Crippen MR) is 106 cm³/mol. The molecule has 0 saturated heterocycles. The molecule has 0 spiro atoms. The lowest BCUT2D eigenvalue weighted by Crippen LogP contribution is -2.37. The zero-order chi connectivity index (χ0) is 22.1. The van der Waals surface area contributed by atoms with E-state index >= 15 is 0 Å². The fourth-order valence-electron chi connectivity index (χ4n) is 2.22. The maximum atomic E-state index is 12.6. The molecular weight excluding hydrogens is 416 g/mol. The fourth-order valence-corrected chi connectivity index (χ4v) is 3.26. The minimum absolute atomic E-state index is 0.0933. The number of methoxy groups -OCH3 is 2. The second-order valence-corrected chi connectivity index (χ2v) is 7.40. The summed E-state index contributed by atoms with van der Waals surface area (Å²) in [6.45, 7) is 2.34. The largest absolute Gasteiger partial charge is 0.481 e. The molecule has 2 aromatic rings. The first-order valence-electron chi connectivity index (χ1n) is 8.84. The van der Waals surface area contributed by atoms with Gasteiger partial charge in [0.1, 0.15) is 0 Å². The molecule has 12 nitrogen and oxygen atoms in total. The average Bonchev–Trinajstić information content (AvgIpc) is 2.73. The Kier molecular flexibility index (Phi) is 7.86. The second-order valence-electron chi connectivity index (χ2n) is 5.80. The average molecular weight is 438 g/mol. The molecule has 2 rings (SSSR count). The van der Waals surface area contributed by atoms with Crippen molar-refractivity contribution in [2.45, 2.75) is 24.8 Å². The summed E-state index contributed by atoms with van der Waals surface area (Å²) >= 11 is 0. The van der Waals surface area contributed by atoms with E-state index < -0.39 is 27.0 Å². The van der Waals surface area contributed by atoms with Crippen molar-refractivity contribution in [1.29, 1.82) is 0 Å². The normalized spacial score (nSPS) is 10.8. The number of hydrogen-bond donors (Lipinski definition) is 3. The maximum absolute atomic E-state index is 12.6. The van der Waals surface area contributed by atoms with Gasteiger partial charge in [-0.3, -0.25) is 10.1 Å². The molecule has 0 aliphatic heterocycles. The van der Waals surface area contributed by atoms with Crippen LogP contribution in [0.2, 0.25) is 0 Å². The van der Waals surface area contributed by atoms with Crippen LogP contribution in [0.25, 0.3) is 0 Å². The van der Waals surface area contributed by atoms with Gasteiger partial charge in [-0.15, -0.1) is 0 Å².